The molecule has 17 heavy (non-hydrogen) atoms. The van der Waals surface area contributed by atoms with Crippen LogP contribution in [0.4, 0.5) is 0 Å². The number of esters is 1. The number of hydrogen-bond acceptors (Lipinski definition) is 4. The highest BCUT2D eigenvalue weighted by Gasteiger charge is 2.26. The summed E-state index contributed by atoms with van der Waals surface area (Å²) in [6.45, 7) is 6.22. The molecule has 1 unspecified atom stereocenters. The summed E-state index contributed by atoms with van der Waals surface area (Å²) in [7, 11) is 3.21. The summed E-state index contributed by atoms with van der Waals surface area (Å²) in [5.41, 5.74) is 7.77. The van der Waals surface area contributed by atoms with E-state index in [1.807, 2.05) is 13.2 Å². The van der Waals surface area contributed by atoms with E-state index in [-0.39, 0.29) is 23.8 Å². The van der Waals surface area contributed by atoms with Crippen LogP contribution in [-0.2, 0) is 22.0 Å². The van der Waals surface area contributed by atoms with Crippen molar-refractivity contribution in [3.8, 4) is 0 Å². The predicted octanol–water partition coefficient (Wildman–Crippen LogP) is 1.28. The number of nitrogens with two attached hydrogens (primary N) is 1. The number of hydrogen-bond donors (Lipinski definition) is 1. The van der Waals surface area contributed by atoms with Crippen LogP contribution >= 0.6 is 0 Å². The van der Waals surface area contributed by atoms with Crippen LogP contribution in [0, 0.1) is 0 Å². The quantitative estimate of drug-likeness (QED) is 0.807. The van der Waals surface area contributed by atoms with E-state index in [2.05, 4.69) is 30.6 Å². The van der Waals surface area contributed by atoms with Crippen molar-refractivity contribution in [2.24, 2.45) is 12.8 Å². The Hall–Kier alpha value is -1.36. The first kappa shape index (κ1) is 13.7. The second-order valence-corrected chi connectivity index (χ2v) is 5.24. The van der Waals surface area contributed by atoms with Gasteiger partial charge < -0.3 is 10.5 Å². The number of nitrogens with zero attached hydrogens (tertiary/aromatic N) is 2. The molecule has 1 rings (SSSR count). The number of carbonyl (C=O) groups excluding carboxylic acids is 1. The smallest absolute Gasteiger partial charge is 0.307 e. The van der Waals surface area contributed by atoms with Crippen LogP contribution in [0.2, 0.25) is 0 Å². The van der Waals surface area contributed by atoms with Gasteiger partial charge in [-0.25, -0.2) is 0 Å². The molecule has 0 aromatic carbocycles. The molecule has 0 saturated heterocycles. The summed E-state index contributed by atoms with van der Waals surface area (Å²) in [6, 6.07) is -0.370. The lowest BCUT2D eigenvalue weighted by molar-refractivity contribution is -0.141. The highest BCUT2D eigenvalue weighted by molar-refractivity contribution is 5.70. The van der Waals surface area contributed by atoms with Gasteiger partial charge in [-0.15, -0.1) is 0 Å². The average Bonchev–Trinajstić information content (AvgIpc) is 2.59. The molecule has 2 N–H and O–H groups in total. The summed E-state index contributed by atoms with van der Waals surface area (Å²) >= 11 is 0. The molecular weight excluding hydrogens is 218 g/mol. The molecule has 0 spiro atoms. The number of aromatic nitrogens is 2. The first-order valence-corrected chi connectivity index (χ1v) is 5.62. The second-order valence-electron chi connectivity index (χ2n) is 5.24. The molecule has 0 aliphatic carbocycles. The Bertz CT molecular complexity index is 404. The second kappa shape index (κ2) is 4.87. The van der Waals surface area contributed by atoms with Gasteiger partial charge in [0.15, 0.2) is 0 Å². The number of methoxy groups -OCH3 is 1. The predicted molar refractivity (Wildman–Crippen MR) is 65.5 cm³/mol. The third-order valence-electron chi connectivity index (χ3n) is 2.58. The molecule has 96 valence electrons. The fraction of sp³-hybridized carbons (Fsp3) is 0.667. The SMILES string of the molecule is COC(=O)CC(N)c1cn(C)nc1C(C)(C)C. The summed E-state index contributed by atoms with van der Waals surface area (Å²) in [6.07, 6.45) is 2.04. The molecule has 1 aromatic heterocycles. The summed E-state index contributed by atoms with van der Waals surface area (Å²) < 4.78 is 6.36. The monoisotopic (exact) mass is 239 g/mol. The Morgan fingerprint density at radius 2 is 2.18 bits per heavy atom. The normalized spacial score (nSPS) is 13.5. The molecule has 5 heteroatoms. The zero-order chi connectivity index (χ0) is 13.2. The van der Waals surface area contributed by atoms with Crippen molar-refractivity contribution in [3.63, 3.8) is 0 Å². The Balaban J connectivity index is 3.01. The topological polar surface area (TPSA) is 70.1 Å². The van der Waals surface area contributed by atoms with Crippen LogP contribution in [0.5, 0.6) is 0 Å². The number of rotatable bonds is 3. The van der Waals surface area contributed by atoms with Crippen molar-refractivity contribution in [1.29, 1.82) is 0 Å². The van der Waals surface area contributed by atoms with Gasteiger partial charge in [0.25, 0.3) is 0 Å². The van der Waals surface area contributed by atoms with Crippen LogP contribution in [0.25, 0.3) is 0 Å². The van der Waals surface area contributed by atoms with Crippen molar-refractivity contribution < 1.29 is 9.53 Å². The fourth-order valence-corrected chi connectivity index (χ4v) is 1.73. The molecule has 1 aromatic rings. The Labute approximate surface area is 102 Å². The lowest BCUT2D eigenvalue weighted by Gasteiger charge is -2.19. The van der Waals surface area contributed by atoms with Gasteiger partial charge >= 0.3 is 5.97 Å². The maximum Gasteiger partial charge on any atom is 0.307 e. The van der Waals surface area contributed by atoms with Crippen LogP contribution in [0.3, 0.4) is 0 Å². The molecule has 0 aliphatic heterocycles. The highest BCUT2D eigenvalue weighted by Crippen LogP contribution is 2.28. The third kappa shape index (κ3) is 3.30. The maximum absolute atomic E-state index is 11.2. The minimum absolute atomic E-state index is 0.0929. The van der Waals surface area contributed by atoms with E-state index in [4.69, 9.17) is 5.73 Å². The van der Waals surface area contributed by atoms with Crippen molar-refractivity contribution in [2.75, 3.05) is 7.11 Å². The zero-order valence-electron chi connectivity index (χ0n) is 11.2. The van der Waals surface area contributed by atoms with Gasteiger partial charge in [-0.1, -0.05) is 20.8 Å². The Morgan fingerprint density at radius 1 is 1.59 bits per heavy atom. The molecule has 0 radical (unpaired) electrons. The molecule has 0 saturated carbocycles. The van der Waals surface area contributed by atoms with E-state index in [1.165, 1.54) is 7.11 Å². The number of carbonyl (C=O) groups is 1. The largest absolute Gasteiger partial charge is 0.469 e. The van der Waals surface area contributed by atoms with Gasteiger partial charge in [0.1, 0.15) is 0 Å². The van der Waals surface area contributed by atoms with E-state index in [0.717, 1.165) is 11.3 Å². The van der Waals surface area contributed by atoms with Crippen LogP contribution < -0.4 is 5.73 Å². The zero-order valence-corrected chi connectivity index (χ0v) is 11.2. The molecule has 1 atom stereocenters. The molecule has 0 amide bonds. The lowest BCUT2D eigenvalue weighted by Crippen LogP contribution is -2.21. The minimum Gasteiger partial charge on any atom is -0.469 e. The number of ether oxygens (including phenoxy) is 1. The Morgan fingerprint density at radius 3 is 2.65 bits per heavy atom. The molecule has 0 bridgehead atoms. The summed E-state index contributed by atoms with van der Waals surface area (Å²) in [4.78, 5) is 11.2. The maximum atomic E-state index is 11.2. The summed E-state index contributed by atoms with van der Waals surface area (Å²) in [5.74, 6) is -0.304. The highest BCUT2D eigenvalue weighted by atomic mass is 16.5. The van der Waals surface area contributed by atoms with Gasteiger partial charge in [0.05, 0.1) is 19.2 Å². The average molecular weight is 239 g/mol. The lowest BCUT2D eigenvalue weighted by atomic mass is 9.87. The fourth-order valence-electron chi connectivity index (χ4n) is 1.73. The molecular formula is C12H21N3O2. The van der Waals surface area contributed by atoms with E-state index >= 15 is 0 Å². The van der Waals surface area contributed by atoms with E-state index in [0.29, 0.717) is 0 Å². The van der Waals surface area contributed by atoms with Crippen LogP contribution in [0.15, 0.2) is 6.20 Å². The summed E-state index contributed by atoms with van der Waals surface area (Å²) in [5, 5.41) is 4.42. The molecule has 0 fully saturated rings. The van der Waals surface area contributed by atoms with E-state index in [1.54, 1.807) is 4.68 Å². The first-order chi connectivity index (χ1) is 7.75. The van der Waals surface area contributed by atoms with Crippen molar-refractivity contribution in [2.45, 2.75) is 38.6 Å². The van der Waals surface area contributed by atoms with Gasteiger partial charge in [-0.2, -0.15) is 5.10 Å². The van der Waals surface area contributed by atoms with E-state index < -0.39 is 0 Å². The Kier molecular flexibility index (Phi) is 3.93. The van der Waals surface area contributed by atoms with Crippen LogP contribution in [0.1, 0.15) is 44.5 Å². The molecule has 5 nitrogen and oxygen atoms in total. The van der Waals surface area contributed by atoms with Crippen molar-refractivity contribution in [1.82, 2.24) is 9.78 Å². The first-order valence-electron chi connectivity index (χ1n) is 5.62. The van der Waals surface area contributed by atoms with Gasteiger partial charge in [0, 0.05) is 30.3 Å². The van der Waals surface area contributed by atoms with E-state index in [9.17, 15) is 4.79 Å². The standard InChI is InChI=1S/C12H21N3O2/c1-12(2,3)11-8(7-15(4)14-11)9(13)6-10(16)17-5/h7,9H,6,13H2,1-5H3. The minimum atomic E-state index is -0.370. The van der Waals surface area contributed by atoms with Gasteiger partial charge in [-0.05, 0) is 0 Å². The number of aryl methyl sites for hydroxylation is 1. The third-order valence-corrected chi connectivity index (χ3v) is 2.58. The molecule has 1 heterocycles. The molecule has 0 aliphatic rings. The van der Waals surface area contributed by atoms with Crippen molar-refractivity contribution >= 4 is 5.97 Å². The van der Waals surface area contributed by atoms with Crippen molar-refractivity contribution in [3.05, 3.63) is 17.5 Å². The van der Waals surface area contributed by atoms with Crippen LogP contribution in [-0.4, -0.2) is 22.9 Å². The van der Waals surface area contributed by atoms with Gasteiger partial charge in [0.2, 0.25) is 0 Å². The van der Waals surface area contributed by atoms with Gasteiger partial charge in [-0.3, -0.25) is 9.48 Å².